The monoisotopic (exact) mass is 383 g/mol. The molecule has 0 spiro atoms. The van der Waals surface area contributed by atoms with Gasteiger partial charge in [0.2, 0.25) is 5.95 Å². The minimum Gasteiger partial charge on any atom is -0.369 e. The van der Waals surface area contributed by atoms with E-state index in [1.54, 1.807) is 4.68 Å². The van der Waals surface area contributed by atoms with Crippen LogP contribution in [0.15, 0.2) is 27.1 Å². The highest BCUT2D eigenvalue weighted by molar-refractivity contribution is 9.11. The van der Waals surface area contributed by atoms with Crippen LogP contribution in [0.1, 0.15) is 5.69 Å². The maximum Gasteiger partial charge on any atom is 0.207 e. The molecule has 0 aliphatic rings. The third-order valence-corrected chi connectivity index (χ3v) is 4.14. The largest absolute Gasteiger partial charge is 0.369 e. The van der Waals surface area contributed by atoms with E-state index in [1.165, 1.54) is 0 Å². The van der Waals surface area contributed by atoms with Gasteiger partial charge in [0.25, 0.3) is 0 Å². The number of aromatic nitrogens is 4. The van der Waals surface area contributed by atoms with Crippen LogP contribution in [0, 0.1) is 6.92 Å². The number of rotatable bonds is 1. The molecule has 5 nitrogen and oxygen atoms in total. The summed E-state index contributed by atoms with van der Waals surface area (Å²) in [6, 6.07) is 5.92. The fourth-order valence-electron chi connectivity index (χ4n) is 2.18. The molecule has 0 atom stereocenters. The average Bonchev–Trinajstić information content (AvgIpc) is 2.81. The van der Waals surface area contributed by atoms with E-state index in [1.807, 2.05) is 36.7 Å². The van der Waals surface area contributed by atoms with Gasteiger partial charge in [-0.05, 0) is 41.1 Å². The van der Waals surface area contributed by atoms with Crippen molar-refractivity contribution < 1.29 is 0 Å². The lowest BCUT2D eigenvalue weighted by molar-refractivity contribution is 0.762. The van der Waals surface area contributed by atoms with Gasteiger partial charge in [0.1, 0.15) is 5.52 Å². The molecule has 3 aromatic rings. The summed E-state index contributed by atoms with van der Waals surface area (Å²) >= 11 is 7.02. The van der Waals surface area contributed by atoms with Crippen LogP contribution in [-0.4, -0.2) is 19.3 Å². The van der Waals surface area contributed by atoms with Crippen molar-refractivity contribution in [3.8, 4) is 5.69 Å². The number of nitrogens with zero attached hydrogens (tertiary/aromatic N) is 4. The van der Waals surface area contributed by atoms with E-state index >= 15 is 0 Å². The Kier molecular flexibility index (Phi) is 2.90. The molecule has 0 bridgehead atoms. The summed E-state index contributed by atoms with van der Waals surface area (Å²) < 4.78 is 5.61. The number of fused-ring (bicyclic) bond motifs is 1. The van der Waals surface area contributed by atoms with Crippen molar-refractivity contribution in [2.45, 2.75) is 6.92 Å². The summed E-state index contributed by atoms with van der Waals surface area (Å²) in [5, 5.41) is 4.38. The Balaban J connectivity index is 2.42. The third-order valence-electron chi connectivity index (χ3n) is 2.98. The van der Waals surface area contributed by atoms with Gasteiger partial charge in [0.15, 0.2) is 5.65 Å². The van der Waals surface area contributed by atoms with E-state index in [2.05, 4.69) is 41.9 Å². The Morgan fingerprint density at radius 1 is 1.26 bits per heavy atom. The van der Waals surface area contributed by atoms with Crippen molar-refractivity contribution in [3.63, 3.8) is 0 Å². The minimum atomic E-state index is 0.449. The summed E-state index contributed by atoms with van der Waals surface area (Å²) in [5.41, 5.74) is 9.57. The highest BCUT2D eigenvalue weighted by atomic mass is 79.9. The molecule has 2 heterocycles. The van der Waals surface area contributed by atoms with Crippen LogP contribution in [0.5, 0.6) is 0 Å². The standard InChI is InChI=1S/C12H11Br2N5/c1-6-10-11(18(2)17-6)19(12(15)16-10)9-5-7(13)3-4-8(9)14/h3-5H,1-2H3,(H2,15,16). The van der Waals surface area contributed by atoms with E-state index in [0.717, 1.165) is 31.5 Å². The number of aryl methyl sites for hydroxylation is 2. The van der Waals surface area contributed by atoms with Gasteiger partial charge in [-0.25, -0.2) is 9.67 Å². The van der Waals surface area contributed by atoms with Gasteiger partial charge < -0.3 is 5.73 Å². The van der Waals surface area contributed by atoms with Crippen molar-refractivity contribution in [2.24, 2.45) is 7.05 Å². The topological polar surface area (TPSA) is 61.7 Å². The quantitative estimate of drug-likeness (QED) is 0.700. The fourth-order valence-corrected chi connectivity index (χ4v) is 2.96. The van der Waals surface area contributed by atoms with Gasteiger partial charge in [-0.1, -0.05) is 15.9 Å². The Hall–Kier alpha value is -1.34. The second kappa shape index (κ2) is 4.35. The number of hydrogen-bond acceptors (Lipinski definition) is 3. The van der Waals surface area contributed by atoms with Crippen molar-refractivity contribution in [2.75, 3.05) is 5.73 Å². The Bertz CT molecular complexity index is 787. The van der Waals surface area contributed by atoms with Crippen LogP contribution in [0.3, 0.4) is 0 Å². The zero-order valence-corrected chi connectivity index (χ0v) is 13.5. The van der Waals surface area contributed by atoms with Gasteiger partial charge in [-0.2, -0.15) is 5.10 Å². The van der Waals surface area contributed by atoms with Gasteiger partial charge >= 0.3 is 0 Å². The molecular formula is C12H11Br2N5. The molecule has 0 amide bonds. The highest BCUT2D eigenvalue weighted by Crippen LogP contribution is 2.31. The van der Waals surface area contributed by atoms with Crippen molar-refractivity contribution in [3.05, 3.63) is 32.8 Å². The first-order valence-corrected chi connectivity index (χ1v) is 7.20. The van der Waals surface area contributed by atoms with Gasteiger partial charge in [-0.3, -0.25) is 4.57 Å². The van der Waals surface area contributed by atoms with E-state index in [0.29, 0.717) is 5.95 Å². The molecule has 0 saturated carbocycles. The normalized spacial score (nSPS) is 11.4. The van der Waals surface area contributed by atoms with Crippen LogP contribution < -0.4 is 5.73 Å². The molecule has 0 saturated heterocycles. The fraction of sp³-hybridized carbons (Fsp3) is 0.167. The Labute approximate surface area is 126 Å². The lowest BCUT2D eigenvalue weighted by Gasteiger charge is -2.09. The summed E-state index contributed by atoms with van der Waals surface area (Å²) in [6.45, 7) is 1.93. The molecule has 2 N–H and O–H groups in total. The number of halogens is 2. The third kappa shape index (κ3) is 1.88. The number of hydrogen-bond donors (Lipinski definition) is 1. The first kappa shape index (κ1) is 12.7. The number of anilines is 1. The van der Waals surface area contributed by atoms with Crippen molar-refractivity contribution >= 4 is 49.0 Å². The van der Waals surface area contributed by atoms with E-state index in [4.69, 9.17) is 5.73 Å². The molecule has 0 fully saturated rings. The summed E-state index contributed by atoms with van der Waals surface area (Å²) in [7, 11) is 1.89. The van der Waals surface area contributed by atoms with E-state index in [-0.39, 0.29) is 0 Å². The lowest BCUT2D eigenvalue weighted by atomic mass is 10.3. The molecule has 1 aromatic carbocycles. The smallest absolute Gasteiger partial charge is 0.207 e. The molecule has 3 rings (SSSR count). The highest BCUT2D eigenvalue weighted by Gasteiger charge is 2.18. The zero-order chi connectivity index (χ0) is 13.7. The second-order valence-electron chi connectivity index (χ2n) is 4.28. The Morgan fingerprint density at radius 2 is 2.00 bits per heavy atom. The number of benzene rings is 1. The van der Waals surface area contributed by atoms with Crippen molar-refractivity contribution in [1.82, 2.24) is 19.3 Å². The molecule has 19 heavy (non-hydrogen) atoms. The van der Waals surface area contributed by atoms with E-state index in [9.17, 15) is 0 Å². The second-order valence-corrected chi connectivity index (χ2v) is 6.05. The van der Waals surface area contributed by atoms with Gasteiger partial charge in [-0.15, -0.1) is 0 Å². The van der Waals surface area contributed by atoms with Crippen molar-refractivity contribution in [1.29, 1.82) is 0 Å². The first-order chi connectivity index (χ1) is 8.99. The SMILES string of the molecule is Cc1nn(C)c2c1nc(N)n2-c1cc(Br)ccc1Br. The molecule has 2 aromatic heterocycles. The first-order valence-electron chi connectivity index (χ1n) is 5.62. The summed E-state index contributed by atoms with van der Waals surface area (Å²) in [4.78, 5) is 4.40. The van der Waals surface area contributed by atoms with Crippen LogP contribution in [0.2, 0.25) is 0 Å². The maximum atomic E-state index is 6.06. The van der Waals surface area contributed by atoms with Gasteiger partial charge in [0, 0.05) is 16.0 Å². The van der Waals surface area contributed by atoms with Gasteiger partial charge in [0.05, 0.1) is 11.4 Å². The van der Waals surface area contributed by atoms with Crippen LogP contribution in [-0.2, 0) is 7.05 Å². The molecule has 0 unspecified atom stereocenters. The molecule has 0 aliphatic carbocycles. The molecule has 0 radical (unpaired) electrons. The average molecular weight is 385 g/mol. The lowest BCUT2D eigenvalue weighted by Crippen LogP contribution is -2.05. The molecule has 98 valence electrons. The van der Waals surface area contributed by atoms with Crippen LogP contribution in [0.25, 0.3) is 16.9 Å². The summed E-state index contributed by atoms with van der Waals surface area (Å²) in [6.07, 6.45) is 0. The Morgan fingerprint density at radius 3 is 2.74 bits per heavy atom. The summed E-state index contributed by atoms with van der Waals surface area (Å²) in [5.74, 6) is 0.449. The maximum absolute atomic E-state index is 6.06. The zero-order valence-electron chi connectivity index (χ0n) is 10.4. The predicted molar refractivity (Wildman–Crippen MR) is 82.4 cm³/mol. The molecule has 7 heteroatoms. The minimum absolute atomic E-state index is 0.449. The van der Waals surface area contributed by atoms with Crippen LogP contribution >= 0.6 is 31.9 Å². The number of nitrogens with two attached hydrogens (primary N) is 1. The van der Waals surface area contributed by atoms with Crippen LogP contribution in [0.4, 0.5) is 5.95 Å². The van der Waals surface area contributed by atoms with E-state index < -0.39 is 0 Å². The molecular weight excluding hydrogens is 374 g/mol. The number of imidazole rings is 1. The molecule has 0 aliphatic heterocycles. The predicted octanol–water partition coefficient (Wildman–Crippen LogP) is 3.17. The number of nitrogen functional groups attached to an aromatic ring is 1.